The number of carboxylic acid groups (broad SMARTS) is 1. The molecule has 0 atom stereocenters. The number of fused-ring (bicyclic) bond motifs is 1. The van der Waals surface area contributed by atoms with Gasteiger partial charge in [0.25, 0.3) is 5.91 Å². The molecule has 0 fully saturated rings. The van der Waals surface area contributed by atoms with Gasteiger partial charge >= 0.3 is 5.97 Å². The van der Waals surface area contributed by atoms with Crippen LogP contribution < -0.4 is 15.4 Å². The van der Waals surface area contributed by atoms with Crippen LogP contribution in [0, 0.1) is 0 Å². The normalized spacial score (nSPS) is 13.2. The molecule has 0 saturated heterocycles. The Labute approximate surface area is 137 Å². The van der Waals surface area contributed by atoms with E-state index in [2.05, 4.69) is 10.6 Å². The van der Waals surface area contributed by atoms with Crippen LogP contribution in [0.25, 0.3) is 0 Å². The van der Waals surface area contributed by atoms with Crippen molar-refractivity contribution in [1.29, 1.82) is 0 Å². The van der Waals surface area contributed by atoms with Crippen molar-refractivity contribution in [2.24, 2.45) is 0 Å². The number of anilines is 1. The Morgan fingerprint density at radius 3 is 2.78 bits per heavy atom. The van der Waals surface area contributed by atoms with E-state index in [4.69, 9.17) is 9.84 Å². The van der Waals surface area contributed by atoms with Gasteiger partial charge in [0.15, 0.2) is 6.61 Å². The van der Waals surface area contributed by atoms with Crippen LogP contribution in [-0.4, -0.2) is 30.1 Å². The van der Waals surface area contributed by atoms with E-state index in [9.17, 15) is 9.59 Å². The molecule has 0 bridgehead atoms. The second kappa shape index (κ2) is 6.80. The van der Waals surface area contributed by atoms with E-state index in [0.717, 1.165) is 19.5 Å². The van der Waals surface area contributed by atoms with Gasteiger partial charge in [-0.1, -0.05) is 0 Å². The van der Waals surface area contributed by atoms with Gasteiger partial charge in [0.2, 0.25) is 0 Å². The topological polar surface area (TPSA) is 87.7 Å². The van der Waals surface area contributed by atoms with Crippen molar-refractivity contribution >= 4 is 28.9 Å². The van der Waals surface area contributed by atoms with Crippen molar-refractivity contribution < 1.29 is 19.4 Å². The summed E-state index contributed by atoms with van der Waals surface area (Å²) in [5.74, 6) is -0.717. The molecule has 3 rings (SSSR count). The van der Waals surface area contributed by atoms with Gasteiger partial charge in [0.05, 0.1) is 4.88 Å². The van der Waals surface area contributed by atoms with Crippen LogP contribution in [-0.2, 0) is 17.8 Å². The highest BCUT2D eigenvalue weighted by molar-refractivity contribution is 7.14. The number of nitrogens with one attached hydrogen (secondary N) is 2. The molecule has 1 aromatic heterocycles. The number of ether oxygens (including phenoxy) is 1. The molecule has 1 amide bonds. The van der Waals surface area contributed by atoms with Crippen LogP contribution in [0.15, 0.2) is 30.3 Å². The van der Waals surface area contributed by atoms with Crippen molar-refractivity contribution in [2.75, 3.05) is 18.5 Å². The maximum atomic E-state index is 12.3. The summed E-state index contributed by atoms with van der Waals surface area (Å²) in [6.07, 6.45) is 0.961. The van der Waals surface area contributed by atoms with Crippen molar-refractivity contribution in [3.05, 3.63) is 45.6 Å². The molecule has 0 saturated carbocycles. The number of hydrogen-bond acceptors (Lipinski definition) is 5. The summed E-state index contributed by atoms with van der Waals surface area (Å²) in [5.41, 5.74) is 1.84. The number of carboxylic acids is 1. The third-order valence-electron chi connectivity index (χ3n) is 3.44. The van der Waals surface area contributed by atoms with E-state index < -0.39 is 5.97 Å². The molecule has 0 unspecified atom stereocenters. The molecule has 1 aliphatic heterocycles. The minimum absolute atomic E-state index is 0.136. The van der Waals surface area contributed by atoms with Crippen molar-refractivity contribution in [3.8, 4) is 5.75 Å². The fraction of sp³-hybridized carbons (Fsp3) is 0.250. The lowest BCUT2D eigenvalue weighted by Crippen LogP contribution is -2.21. The minimum atomic E-state index is -1.03. The summed E-state index contributed by atoms with van der Waals surface area (Å²) >= 11 is 1.54. The van der Waals surface area contributed by atoms with E-state index >= 15 is 0 Å². The number of aliphatic carboxylic acids is 1. The number of rotatable bonds is 5. The van der Waals surface area contributed by atoms with Crippen LogP contribution in [0.2, 0.25) is 0 Å². The quantitative estimate of drug-likeness (QED) is 0.780. The molecular formula is C16H16N2O4S. The Balaban J connectivity index is 1.63. The molecule has 1 aliphatic rings. The number of carbonyl (C=O) groups excluding carboxylic acids is 1. The molecule has 23 heavy (non-hydrogen) atoms. The summed E-state index contributed by atoms with van der Waals surface area (Å²) in [4.78, 5) is 24.7. The van der Waals surface area contributed by atoms with E-state index in [1.165, 1.54) is 21.8 Å². The highest BCUT2D eigenvalue weighted by atomic mass is 32.1. The molecule has 0 radical (unpaired) electrons. The van der Waals surface area contributed by atoms with Crippen LogP contribution in [0.1, 0.15) is 20.1 Å². The molecule has 0 spiro atoms. The van der Waals surface area contributed by atoms with Gasteiger partial charge in [-0.2, -0.15) is 0 Å². The molecule has 120 valence electrons. The average Bonchev–Trinajstić information content (AvgIpc) is 2.98. The fourth-order valence-electron chi connectivity index (χ4n) is 2.34. The number of thiophene rings is 1. The Hall–Kier alpha value is -2.38. The zero-order valence-corrected chi connectivity index (χ0v) is 13.1. The highest BCUT2D eigenvalue weighted by Crippen LogP contribution is 2.26. The van der Waals surface area contributed by atoms with Gasteiger partial charge in [0.1, 0.15) is 5.75 Å². The number of amides is 1. The fourth-order valence-corrected chi connectivity index (χ4v) is 3.41. The molecule has 1 aromatic carbocycles. The van der Waals surface area contributed by atoms with E-state index in [1.807, 2.05) is 6.07 Å². The number of hydrogen-bond donors (Lipinski definition) is 3. The summed E-state index contributed by atoms with van der Waals surface area (Å²) in [6, 6.07) is 8.56. The third kappa shape index (κ3) is 3.88. The van der Waals surface area contributed by atoms with Crippen molar-refractivity contribution in [3.63, 3.8) is 0 Å². The Bertz CT molecular complexity index is 701. The average molecular weight is 332 g/mol. The molecular weight excluding hydrogens is 316 g/mol. The smallest absolute Gasteiger partial charge is 0.341 e. The first-order valence-corrected chi connectivity index (χ1v) is 8.02. The minimum Gasteiger partial charge on any atom is -0.482 e. The van der Waals surface area contributed by atoms with E-state index in [0.29, 0.717) is 16.3 Å². The number of benzene rings is 1. The first-order chi connectivity index (χ1) is 11.1. The van der Waals surface area contributed by atoms with Gasteiger partial charge in [-0.25, -0.2) is 4.79 Å². The standard InChI is InChI=1S/C16H16N2O4S/c19-15(20)9-22-12-3-1-11(2-4-12)18-16(21)14-7-10-8-17-6-5-13(10)23-14/h1-4,7,17H,5-6,8-9H2,(H,18,21)(H,19,20). The Morgan fingerprint density at radius 2 is 2.09 bits per heavy atom. The van der Waals surface area contributed by atoms with Crippen LogP contribution >= 0.6 is 11.3 Å². The highest BCUT2D eigenvalue weighted by Gasteiger charge is 2.17. The van der Waals surface area contributed by atoms with Gasteiger partial charge in [0, 0.05) is 23.7 Å². The molecule has 3 N–H and O–H groups in total. The molecule has 7 heteroatoms. The lowest BCUT2D eigenvalue weighted by molar-refractivity contribution is -0.139. The summed E-state index contributed by atoms with van der Waals surface area (Å²) in [6.45, 7) is 1.38. The van der Waals surface area contributed by atoms with Crippen molar-refractivity contribution in [1.82, 2.24) is 5.32 Å². The first kappa shape index (κ1) is 15.5. The number of carbonyl (C=O) groups is 2. The maximum absolute atomic E-state index is 12.3. The predicted molar refractivity (Wildman–Crippen MR) is 87.3 cm³/mol. The van der Waals surface area contributed by atoms with Crippen molar-refractivity contribution in [2.45, 2.75) is 13.0 Å². The zero-order valence-electron chi connectivity index (χ0n) is 12.3. The SMILES string of the molecule is O=C(O)COc1ccc(NC(=O)c2cc3c(s2)CCNC3)cc1. The lowest BCUT2D eigenvalue weighted by atomic mass is 10.1. The zero-order chi connectivity index (χ0) is 16.2. The lowest BCUT2D eigenvalue weighted by Gasteiger charge is -2.10. The second-order valence-corrected chi connectivity index (χ2v) is 6.28. The monoisotopic (exact) mass is 332 g/mol. The van der Waals surface area contributed by atoms with E-state index in [1.54, 1.807) is 24.3 Å². The molecule has 2 aromatic rings. The van der Waals surface area contributed by atoms with Crippen LogP contribution in [0.4, 0.5) is 5.69 Å². The Kier molecular flexibility index (Phi) is 4.59. The van der Waals surface area contributed by atoms with E-state index in [-0.39, 0.29) is 12.5 Å². The van der Waals surface area contributed by atoms with Crippen LogP contribution in [0.3, 0.4) is 0 Å². The van der Waals surface area contributed by atoms with Gasteiger partial charge in [-0.15, -0.1) is 11.3 Å². The molecule has 6 nitrogen and oxygen atoms in total. The first-order valence-electron chi connectivity index (χ1n) is 7.20. The summed E-state index contributed by atoms with van der Waals surface area (Å²) < 4.78 is 5.05. The second-order valence-electron chi connectivity index (χ2n) is 5.15. The maximum Gasteiger partial charge on any atom is 0.341 e. The summed E-state index contributed by atoms with van der Waals surface area (Å²) in [7, 11) is 0. The third-order valence-corrected chi connectivity index (χ3v) is 4.68. The van der Waals surface area contributed by atoms with Gasteiger partial charge < -0.3 is 20.5 Å². The largest absolute Gasteiger partial charge is 0.482 e. The van der Waals surface area contributed by atoms with Crippen LogP contribution in [0.5, 0.6) is 5.75 Å². The van der Waals surface area contributed by atoms with Gasteiger partial charge in [-0.05, 0) is 42.3 Å². The predicted octanol–water partition coefficient (Wildman–Crippen LogP) is 2.11. The summed E-state index contributed by atoms with van der Waals surface area (Å²) in [5, 5.41) is 14.7. The molecule has 0 aliphatic carbocycles. The molecule has 2 heterocycles. The van der Waals surface area contributed by atoms with Gasteiger partial charge in [-0.3, -0.25) is 4.79 Å². The Morgan fingerprint density at radius 1 is 1.30 bits per heavy atom.